The molecular weight excluding hydrogens is 160 g/mol. The molecule has 0 bridgehead atoms. The zero-order valence-electron chi connectivity index (χ0n) is 8.47. The van der Waals surface area contributed by atoms with Crippen molar-refractivity contribution in [3.8, 4) is 0 Å². The molecule has 0 aromatic carbocycles. The van der Waals surface area contributed by atoms with Gasteiger partial charge in [-0.1, -0.05) is 12.8 Å². The molecule has 0 aliphatic heterocycles. The van der Waals surface area contributed by atoms with E-state index in [9.17, 15) is 0 Å². The summed E-state index contributed by atoms with van der Waals surface area (Å²) in [5.74, 6) is 1.72. The zero-order valence-corrected chi connectivity index (χ0v) is 8.47. The standard InChI is InChI=1S/C11H22N2/c12-7-10(9-5-6-9)8-13-11-3-1-2-4-11/h9-11,13H,1-8,12H2. The summed E-state index contributed by atoms with van der Waals surface area (Å²) in [6.07, 6.45) is 8.48. The van der Waals surface area contributed by atoms with Crippen LogP contribution in [0.15, 0.2) is 0 Å². The Bertz CT molecular complexity index is 148. The Kier molecular flexibility index (Phi) is 3.23. The van der Waals surface area contributed by atoms with E-state index in [1.54, 1.807) is 0 Å². The molecule has 2 heteroatoms. The monoisotopic (exact) mass is 182 g/mol. The molecule has 0 aromatic rings. The van der Waals surface area contributed by atoms with E-state index in [1.165, 1.54) is 45.1 Å². The average molecular weight is 182 g/mol. The third-order valence-electron chi connectivity index (χ3n) is 3.62. The molecular formula is C11H22N2. The molecule has 1 unspecified atom stereocenters. The van der Waals surface area contributed by atoms with Crippen LogP contribution in [-0.4, -0.2) is 19.1 Å². The van der Waals surface area contributed by atoms with Gasteiger partial charge in [-0.15, -0.1) is 0 Å². The van der Waals surface area contributed by atoms with E-state index in [4.69, 9.17) is 5.73 Å². The Balaban J connectivity index is 1.64. The van der Waals surface area contributed by atoms with Gasteiger partial charge in [0.1, 0.15) is 0 Å². The molecule has 2 saturated carbocycles. The molecule has 1 atom stereocenters. The van der Waals surface area contributed by atoms with Crippen LogP contribution in [0.25, 0.3) is 0 Å². The largest absolute Gasteiger partial charge is 0.330 e. The predicted molar refractivity (Wildman–Crippen MR) is 55.5 cm³/mol. The van der Waals surface area contributed by atoms with Crippen molar-refractivity contribution >= 4 is 0 Å². The van der Waals surface area contributed by atoms with Crippen molar-refractivity contribution in [1.29, 1.82) is 0 Å². The third kappa shape index (κ3) is 2.68. The number of hydrogen-bond donors (Lipinski definition) is 2. The summed E-state index contributed by atoms with van der Waals surface area (Å²) in [4.78, 5) is 0. The summed E-state index contributed by atoms with van der Waals surface area (Å²) < 4.78 is 0. The molecule has 2 aliphatic rings. The van der Waals surface area contributed by atoms with Crippen molar-refractivity contribution in [3.63, 3.8) is 0 Å². The first-order chi connectivity index (χ1) is 6.40. The number of rotatable bonds is 5. The van der Waals surface area contributed by atoms with Crippen LogP contribution in [0.3, 0.4) is 0 Å². The molecule has 0 heterocycles. The Labute approximate surface area is 81.3 Å². The van der Waals surface area contributed by atoms with Gasteiger partial charge in [0, 0.05) is 6.04 Å². The lowest BCUT2D eigenvalue weighted by Crippen LogP contribution is -2.35. The van der Waals surface area contributed by atoms with Crippen molar-refractivity contribution in [3.05, 3.63) is 0 Å². The zero-order chi connectivity index (χ0) is 9.10. The van der Waals surface area contributed by atoms with Gasteiger partial charge in [-0.3, -0.25) is 0 Å². The average Bonchev–Trinajstić information content (AvgIpc) is 2.84. The van der Waals surface area contributed by atoms with Crippen LogP contribution in [0.2, 0.25) is 0 Å². The quantitative estimate of drug-likeness (QED) is 0.676. The van der Waals surface area contributed by atoms with Crippen LogP contribution in [0.5, 0.6) is 0 Å². The lowest BCUT2D eigenvalue weighted by Gasteiger charge is -2.18. The summed E-state index contributed by atoms with van der Waals surface area (Å²) in [5, 5.41) is 3.67. The Morgan fingerprint density at radius 3 is 2.38 bits per heavy atom. The third-order valence-corrected chi connectivity index (χ3v) is 3.62. The van der Waals surface area contributed by atoms with Crippen LogP contribution in [0.1, 0.15) is 38.5 Å². The summed E-state index contributed by atoms with van der Waals surface area (Å²) in [6, 6.07) is 0.813. The molecule has 0 saturated heterocycles. The maximum Gasteiger partial charge on any atom is 0.00671 e. The van der Waals surface area contributed by atoms with Crippen molar-refractivity contribution in [2.45, 2.75) is 44.6 Å². The molecule has 3 N–H and O–H groups in total. The fourth-order valence-corrected chi connectivity index (χ4v) is 2.46. The van der Waals surface area contributed by atoms with Crippen LogP contribution < -0.4 is 11.1 Å². The maximum atomic E-state index is 5.76. The van der Waals surface area contributed by atoms with Gasteiger partial charge in [-0.05, 0) is 50.6 Å². The van der Waals surface area contributed by atoms with Crippen molar-refractivity contribution in [2.24, 2.45) is 17.6 Å². The topological polar surface area (TPSA) is 38.0 Å². The van der Waals surface area contributed by atoms with Gasteiger partial charge in [0.2, 0.25) is 0 Å². The van der Waals surface area contributed by atoms with E-state index >= 15 is 0 Å². The highest BCUT2D eigenvalue weighted by Crippen LogP contribution is 2.36. The minimum absolute atomic E-state index is 0.764. The van der Waals surface area contributed by atoms with Gasteiger partial charge in [0.05, 0.1) is 0 Å². The van der Waals surface area contributed by atoms with Gasteiger partial charge in [0.15, 0.2) is 0 Å². The molecule has 2 fully saturated rings. The van der Waals surface area contributed by atoms with E-state index in [0.717, 1.165) is 24.4 Å². The van der Waals surface area contributed by atoms with Gasteiger partial charge >= 0.3 is 0 Å². The fraction of sp³-hybridized carbons (Fsp3) is 1.00. The second kappa shape index (κ2) is 4.43. The van der Waals surface area contributed by atoms with E-state index in [1.807, 2.05) is 0 Å². The first kappa shape index (κ1) is 9.47. The fourth-order valence-electron chi connectivity index (χ4n) is 2.46. The Morgan fingerprint density at radius 1 is 1.15 bits per heavy atom. The van der Waals surface area contributed by atoms with E-state index in [-0.39, 0.29) is 0 Å². The van der Waals surface area contributed by atoms with Gasteiger partial charge in [-0.25, -0.2) is 0 Å². The molecule has 0 spiro atoms. The van der Waals surface area contributed by atoms with E-state index < -0.39 is 0 Å². The van der Waals surface area contributed by atoms with Crippen LogP contribution in [0.4, 0.5) is 0 Å². The summed E-state index contributed by atoms with van der Waals surface area (Å²) in [5.41, 5.74) is 5.76. The normalized spacial score (nSPS) is 26.5. The summed E-state index contributed by atoms with van der Waals surface area (Å²) in [6.45, 7) is 2.05. The van der Waals surface area contributed by atoms with Crippen molar-refractivity contribution in [1.82, 2.24) is 5.32 Å². The first-order valence-electron chi connectivity index (χ1n) is 5.83. The molecule has 0 aromatic heterocycles. The molecule has 2 rings (SSSR count). The molecule has 2 aliphatic carbocycles. The second-order valence-electron chi connectivity index (χ2n) is 4.72. The summed E-state index contributed by atoms with van der Waals surface area (Å²) in [7, 11) is 0. The van der Waals surface area contributed by atoms with E-state index in [0.29, 0.717) is 0 Å². The number of hydrogen-bond acceptors (Lipinski definition) is 2. The maximum absolute atomic E-state index is 5.76. The minimum Gasteiger partial charge on any atom is -0.330 e. The van der Waals surface area contributed by atoms with Gasteiger partial charge < -0.3 is 11.1 Å². The van der Waals surface area contributed by atoms with Gasteiger partial charge in [-0.2, -0.15) is 0 Å². The Morgan fingerprint density at radius 2 is 1.85 bits per heavy atom. The second-order valence-corrected chi connectivity index (χ2v) is 4.72. The summed E-state index contributed by atoms with van der Waals surface area (Å²) >= 11 is 0. The van der Waals surface area contributed by atoms with Crippen LogP contribution >= 0.6 is 0 Å². The van der Waals surface area contributed by atoms with Crippen LogP contribution in [0, 0.1) is 11.8 Å². The predicted octanol–water partition coefficient (Wildman–Crippen LogP) is 1.50. The van der Waals surface area contributed by atoms with Crippen LogP contribution in [-0.2, 0) is 0 Å². The lowest BCUT2D eigenvalue weighted by molar-refractivity contribution is 0.399. The lowest BCUT2D eigenvalue weighted by atomic mass is 10.0. The highest BCUT2D eigenvalue weighted by Gasteiger charge is 2.30. The van der Waals surface area contributed by atoms with Crippen molar-refractivity contribution < 1.29 is 0 Å². The smallest absolute Gasteiger partial charge is 0.00671 e. The van der Waals surface area contributed by atoms with Gasteiger partial charge in [0.25, 0.3) is 0 Å². The molecule has 76 valence electrons. The molecule has 0 radical (unpaired) electrons. The Hall–Kier alpha value is -0.0800. The highest BCUT2D eigenvalue weighted by molar-refractivity contribution is 4.84. The number of nitrogens with one attached hydrogen (secondary N) is 1. The van der Waals surface area contributed by atoms with E-state index in [2.05, 4.69) is 5.32 Å². The molecule has 2 nitrogen and oxygen atoms in total. The molecule has 13 heavy (non-hydrogen) atoms. The minimum atomic E-state index is 0.764. The molecule has 0 amide bonds. The first-order valence-corrected chi connectivity index (χ1v) is 5.83. The van der Waals surface area contributed by atoms with Crippen molar-refractivity contribution in [2.75, 3.05) is 13.1 Å². The SMILES string of the molecule is NCC(CNC1CCCC1)C1CC1. The number of nitrogens with two attached hydrogens (primary N) is 1. The highest BCUT2D eigenvalue weighted by atomic mass is 14.9.